The number of ketones is 1. The maximum Gasteiger partial charge on any atom is 0.334 e. The van der Waals surface area contributed by atoms with Gasteiger partial charge in [0.1, 0.15) is 23.9 Å². The van der Waals surface area contributed by atoms with Crippen LogP contribution in [0.4, 0.5) is 0 Å². The van der Waals surface area contributed by atoms with Crippen molar-refractivity contribution >= 4 is 17.7 Å². The largest absolute Gasteiger partial charge is 0.465 e. The van der Waals surface area contributed by atoms with Crippen LogP contribution in [0.3, 0.4) is 0 Å². The van der Waals surface area contributed by atoms with Gasteiger partial charge in [0.05, 0.1) is 24.2 Å². The summed E-state index contributed by atoms with van der Waals surface area (Å²) in [5, 5.41) is 36.0. The zero-order valence-electron chi connectivity index (χ0n) is 24.1. The first-order chi connectivity index (χ1) is 18.7. The summed E-state index contributed by atoms with van der Waals surface area (Å²) in [6.07, 6.45) is 3.72. The van der Waals surface area contributed by atoms with Crippen molar-refractivity contribution in [2.45, 2.75) is 103 Å². The Bertz CT molecular complexity index is 1220. The van der Waals surface area contributed by atoms with Crippen LogP contribution in [0.15, 0.2) is 23.3 Å². The Labute approximate surface area is 234 Å². The average molecular weight is 559 g/mol. The third-order valence-electron chi connectivity index (χ3n) is 12.7. The molecule has 2 heterocycles. The maximum atomic E-state index is 13.6. The van der Waals surface area contributed by atoms with Gasteiger partial charge >= 0.3 is 11.9 Å². The molecule has 3 saturated carbocycles. The van der Waals surface area contributed by atoms with Gasteiger partial charge in [-0.25, -0.2) is 4.79 Å². The minimum atomic E-state index is -1.83. The fourth-order valence-electron chi connectivity index (χ4n) is 10.2. The van der Waals surface area contributed by atoms with E-state index < -0.39 is 51.6 Å². The summed E-state index contributed by atoms with van der Waals surface area (Å²) < 4.78 is 17.4. The number of allylic oxidation sites excluding steroid dienone is 1. The van der Waals surface area contributed by atoms with Crippen LogP contribution in [0.1, 0.15) is 73.1 Å². The van der Waals surface area contributed by atoms with Gasteiger partial charge in [0.15, 0.2) is 5.78 Å². The van der Waals surface area contributed by atoms with E-state index in [1.54, 1.807) is 13.0 Å². The lowest BCUT2D eigenvalue weighted by Gasteiger charge is -2.70. The first-order valence-electron chi connectivity index (χ1n) is 14.6. The Morgan fingerprint density at radius 3 is 2.52 bits per heavy atom. The zero-order valence-corrected chi connectivity index (χ0v) is 24.1. The summed E-state index contributed by atoms with van der Waals surface area (Å²) in [5.74, 6) is -1.29. The van der Waals surface area contributed by atoms with Gasteiger partial charge in [-0.1, -0.05) is 18.6 Å². The van der Waals surface area contributed by atoms with E-state index in [-0.39, 0.29) is 42.7 Å². The second kappa shape index (κ2) is 8.72. The highest BCUT2D eigenvalue weighted by atomic mass is 16.6. The number of carbonyl (C=O) groups excluding carboxylic acids is 3. The Hall–Kier alpha value is -2.07. The summed E-state index contributed by atoms with van der Waals surface area (Å²) >= 11 is 0. The molecular formula is C31H42O9. The smallest absolute Gasteiger partial charge is 0.334 e. The molecule has 1 saturated heterocycles. The number of carbonyl (C=O) groups is 3. The maximum absolute atomic E-state index is 13.6. The quantitative estimate of drug-likeness (QED) is 0.444. The molecular weight excluding hydrogens is 516 g/mol. The van der Waals surface area contributed by atoms with Crippen LogP contribution in [-0.4, -0.2) is 75.8 Å². The van der Waals surface area contributed by atoms with E-state index in [1.165, 1.54) is 19.9 Å². The molecule has 0 aromatic carbocycles. The van der Waals surface area contributed by atoms with Gasteiger partial charge < -0.3 is 29.5 Å². The van der Waals surface area contributed by atoms with Crippen molar-refractivity contribution in [1.29, 1.82) is 0 Å². The number of fused-ring (bicyclic) bond motifs is 4. The molecule has 220 valence electrons. The van der Waals surface area contributed by atoms with Crippen molar-refractivity contribution in [2.75, 3.05) is 13.2 Å². The molecule has 4 aliphatic carbocycles. The number of cyclic esters (lactones) is 1. The van der Waals surface area contributed by atoms with Crippen molar-refractivity contribution < 1.29 is 43.9 Å². The SMILES string of the molecule is CC(=O)OC[C@]12CC[C@H]3[C@@H](C[C@H]4OCC45[C@H](O)C=CC(=O)[C@]35C)C1CC[C@@]2(O)C(C)(O)C1CC(C)=C(C)C(=O)O1. The summed E-state index contributed by atoms with van der Waals surface area (Å²) in [6.45, 7) is 8.61. The van der Waals surface area contributed by atoms with Gasteiger partial charge in [0, 0.05) is 29.7 Å². The number of hydrogen-bond donors (Lipinski definition) is 3. The molecule has 0 radical (unpaired) electrons. The molecule has 0 aromatic rings. The molecule has 6 rings (SSSR count). The molecule has 6 aliphatic rings. The molecule has 11 atom stereocenters. The molecule has 1 spiro atoms. The van der Waals surface area contributed by atoms with Crippen LogP contribution in [0.2, 0.25) is 0 Å². The van der Waals surface area contributed by atoms with Crippen LogP contribution in [0, 0.1) is 34.0 Å². The van der Waals surface area contributed by atoms with Crippen molar-refractivity contribution in [3.63, 3.8) is 0 Å². The molecule has 9 heteroatoms. The van der Waals surface area contributed by atoms with E-state index in [0.29, 0.717) is 44.3 Å². The molecule has 2 aliphatic heterocycles. The first-order valence-corrected chi connectivity index (χ1v) is 14.6. The Balaban J connectivity index is 1.42. The van der Waals surface area contributed by atoms with E-state index in [4.69, 9.17) is 14.2 Å². The van der Waals surface area contributed by atoms with Gasteiger partial charge in [0.25, 0.3) is 0 Å². The highest BCUT2D eigenvalue weighted by Gasteiger charge is 2.78. The standard InChI is InChI=1S/C31H42O9/c1-16-12-24(40-26(35)17(16)2)28(5,36)31(37)11-9-21-19-13-25-30(15-39-25)23(34)7-6-22(33)27(30,4)20(19)8-10-29(21,31)14-38-18(3)32/h6-7,19-21,23-25,34,36-37H,8-15H2,1-5H3/t19-,20+,21?,23-,24?,25-,27+,28?,29-,30?,31-/m1/s1. The average Bonchev–Trinajstić information content (AvgIpc) is 3.19. The van der Waals surface area contributed by atoms with Crippen LogP contribution in [-0.2, 0) is 28.6 Å². The number of esters is 2. The molecule has 4 fully saturated rings. The number of ether oxygens (including phenoxy) is 3. The van der Waals surface area contributed by atoms with Gasteiger partial charge in [-0.05, 0) is 76.7 Å². The van der Waals surface area contributed by atoms with E-state index in [2.05, 4.69) is 0 Å². The third-order valence-corrected chi connectivity index (χ3v) is 12.7. The summed E-state index contributed by atoms with van der Waals surface area (Å²) in [5.41, 5.74) is -4.78. The summed E-state index contributed by atoms with van der Waals surface area (Å²) in [7, 11) is 0. The van der Waals surface area contributed by atoms with Crippen molar-refractivity contribution in [3.05, 3.63) is 23.3 Å². The third kappa shape index (κ3) is 3.15. The van der Waals surface area contributed by atoms with Crippen LogP contribution in [0.5, 0.6) is 0 Å². The fourth-order valence-corrected chi connectivity index (χ4v) is 10.2. The molecule has 0 bridgehead atoms. The number of aliphatic hydroxyl groups is 3. The summed E-state index contributed by atoms with van der Waals surface area (Å²) in [4.78, 5) is 38.4. The van der Waals surface area contributed by atoms with Crippen molar-refractivity contribution in [1.82, 2.24) is 0 Å². The van der Waals surface area contributed by atoms with Crippen molar-refractivity contribution in [2.24, 2.45) is 34.0 Å². The second-order valence-electron chi connectivity index (χ2n) is 13.8. The Morgan fingerprint density at radius 2 is 1.90 bits per heavy atom. The lowest BCUT2D eigenvalue weighted by molar-refractivity contribution is -0.326. The van der Waals surface area contributed by atoms with Crippen LogP contribution >= 0.6 is 0 Å². The predicted molar refractivity (Wildman–Crippen MR) is 141 cm³/mol. The molecule has 3 N–H and O–H groups in total. The number of hydrogen-bond acceptors (Lipinski definition) is 9. The lowest BCUT2D eigenvalue weighted by atomic mass is 9.37. The highest BCUT2D eigenvalue weighted by molar-refractivity contribution is 5.97. The highest BCUT2D eigenvalue weighted by Crippen LogP contribution is 2.73. The van der Waals surface area contributed by atoms with E-state index in [1.807, 2.05) is 13.8 Å². The minimum Gasteiger partial charge on any atom is -0.465 e. The topological polar surface area (TPSA) is 140 Å². The molecule has 0 aromatic heterocycles. The Morgan fingerprint density at radius 1 is 1.20 bits per heavy atom. The molecule has 4 unspecified atom stereocenters. The number of rotatable bonds is 4. The van der Waals surface area contributed by atoms with Gasteiger partial charge in [-0.3, -0.25) is 9.59 Å². The van der Waals surface area contributed by atoms with Crippen molar-refractivity contribution in [3.8, 4) is 0 Å². The van der Waals surface area contributed by atoms with Gasteiger partial charge in [-0.15, -0.1) is 0 Å². The monoisotopic (exact) mass is 558 g/mol. The number of aliphatic hydroxyl groups excluding tert-OH is 1. The zero-order chi connectivity index (χ0) is 29.0. The lowest BCUT2D eigenvalue weighted by Crippen LogP contribution is -2.77. The predicted octanol–water partition coefficient (Wildman–Crippen LogP) is 2.40. The molecule has 9 nitrogen and oxygen atoms in total. The van der Waals surface area contributed by atoms with E-state index >= 15 is 0 Å². The van der Waals surface area contributed by atoms with Gasteiger partial charge in [0.2, 0.25) is 0 Å². The van der Waals surface area contributed by atoms with Crippen LogP contribution < -0.4 is 0 Å². The van der Waals surface area contributed by atoms with Crippen LogP contribution in [0.25, 0.3) is 0 Å². The normalized spacial score (nSPS) is 49.1. The fraction of sp³-hybridized carbons (Fsp3) is 0.774. The molecule has 0 amide bonds. The second-order valence-corrected chi connectivity index (χ2v) is 13.8. The van der Waals surface area contributed by atoms with E-state index in [9.17, 15) is 29.7 Å². The first kappa shape index (κ1) is 28.1. The molecule has 40 heavy (non-hydrogen) atoms. The Kier molecular flexibility index (Phi) is 6.12. The van der Waals surface area contributed by atoms with E-state index in [0.717, 1.165) is 5.57 Å². The minimum absolute atomic E-state index is 0.000270. The van der Waals surface area contributed by atoms with Gasteiger partial charge in [-0.2, -0.15) is 0 Å². The summed E-state index contributed by atoms with van der Waals surface area (Å²) in [6, 6.07) is 0.